The number of nitrogens with zero attached hydrogens (tertiary/aromatic N) is 1. The van der Waals surface area contributed by atoms with Crippen LogP contribution in [0.3, 0.4) is 0 Å². The second kappa shape index (κ2) is 6.95. The molecule has 0 aromatic rings. The second-order valence-electron chi connectivity index (χ2n) is 13.4. The third kappa shape index (κ3) is 3.36. The van der Waals surface area contributed by atoms with E-state index in [1.165, 1.54) is 12.8 Å². The molecule has 0 aromatic heterocycles. The Morgan fingerprint density at radius 1 is 0.742 bits per heavy atom. The highest BCUT2D eigenvalue weighted by atomic mass is 16.6. The molecule has 0 aliphatic heterocycles. The summed E-state index contributed by atoms with van der Waals surface area (Å²) in [6, 6.07) is 0. The molecule has 0 spiro atoms. The Morgan fingerprint density at radius 3 is 1.35 bits per heavy atom. The van der Waals surface area contributed by atoms with E-state index >= 15 is 0 Å². The van der Waals surface area contributed by atoms with Crippen molar-refractivity contribution >= 4 is 11.9 Å². The monoisotopic (exact) mass is 434 g/mol. The Balaban J connectivity index is 1.30. The number of esters is 2. The minimum atomic E-state index is -0.194. The molecule has 4 aliphatic carbocycles. The van der Waals surface area contributed by atoms with Crippen LogP contribution in [0.4, 0.5) is 0 Å². The summed E-state index contributed by atoms with van der Waals surface area (Å²) in [7, 11) is 3.84. The van der Waals surface area contributed by atoms with E-state index in [0.717, 1.165) is 25.7 Å². The molecule has 4 fully saturated rings. The maximum atomic E-state index is 12.8. The third-order valence-electron chi connectivity index (χ3n) is 11.1. The smallest absolute Gasteiger partial charge is 0.362 e. The number of quaternary nitrogens is 1. The van der Waals surface area contributed by atoms with Crippen LogP contribution in [0.25, 0.3) is 0 Å². The van der Waals surface area contributed by atoms with Gasteiger partial charge in [-0.15, -0.1) is 0 Å². The lowest BCUT2D eigenvalue weighted by atomic mass is 9.70. The largest absolute Gasteiger partial charge is 0.458 e. The lowest BCUT2D eigenvalue weighted by Gasteiger charge is -2.39. The van der Waals surface area contributed by atoms with E-state index in [1.807, 2.05) is 14.1 Å². The number of ether oxygens (including phenoxy) is 2. The summed E-state index contributed by atoms with van der Waals surface area (Å²) < 4.78 is 12.3. The van der Waals surface area contributed by atoms with Crippen molar-refractivity contribution in [2.24, 2.45) is 33.5 Å². The number of fused-ring (bicyclic) bond motifs is 4. The molecule has 0 saturated heterocycles. The molecule has 31 heavy (non-hydrogen) atoms. The molecule has 5 nitrogen and oxygen atoms in total. The Morgan fingerprint density at radius 2 is 1.10 bits per heavy atom. The third-order valence-corrected chi connectivity index (χ3v) is 11.1. The summed E-state index contributed by atoms with van der Waals surface area (Å²) in [5.74, 6) is 0.890. The van der Waals surface area contributed by atoms with Gasteiger partial charge in [0.05, 0.1) is 14.1 Å². The zero-order valence-electron chi connectivity index (χ0n) is 21.0. The number of carbonyl (C=O) groups excluding carboxylic acids is 2. The Labute approximate surface area is 188 Å². The van der Waals surface area contributed by atoms with Crippen LogP contribution in [-0.4, -0.2) is 55.8 Å². The Hall–Kier alpha value is -1.10. The van der Waals surface area contributed by atoms with Crippen molar-refractivity contribution in [3.63, 3.8) is 0 Å². The highest BCUT2D eigenvalue weighted by Gasteiger charge is 2.64. The van der Waals surface area contributed by atoms with Crippen LogP contribution in [0.15, 0.2) is 0 Å². The SMILES string of the molecule is CC1(C)[C@H]2CC[C@@]1(C)[C@H](OC(=O)C[N+](C)(C)CC(=O)O[C@@H]1C[C@H]3CC[C@@]1(C)C3(C)C)C2. The van der Waals surface area contributed by atoms with E-state index in [2.05, 4.69) is 41.5 Å². The van der Waals surface area contributed by atoms with E-state index in [1.54, 1.807) is 0 Å². The summed E-state index contributed by atoms with van der Waals surface area (Å²) in [5, 5.41) is 0. The number of likely N-dealkylation sites (N-methyl/N-ethyl adjacent to an activating group) is 1. The van der Waals surface area contributed by atoms with Gasteiger partial charge in [-0.1, -0.05) is 41.5 Å². The molecule has 0 radical (unpaired) electrons. The van der Waals surface area contributed by atoms with Crippen molar-refractivity contribution in [3.8, 4) is 0 Å². The van der Waals surface area contributed by atoms with Gasteiger partial charge in [-0.25, -0.2) is 9.59 Å². The summed E-state index contributed by atoms with van der Waals surface area (Å²) in [6.07, 6.45) is 6.68. The van der Waals surface area contributed by atoms with E-state index in [-0.39, 0.29) is 63.4 Å². The fraction of sp³-hybridized carbons (Fsp3) is 0.923. The molecule has 0 amide bonds. The maximum Gasteiger partial charge on any atom is 0.362 e. The fourth-order valence-electron chi connectivity index (χ4n) is 7.76. The van der Waals surface area contributed by atoms with Gasteiger partial charge in [0, 0.05) is 10.8 Å². The molecule has 176 valence electrons. The first-order chi connectivity index (χ1) is 14.1. The highest BCUT2D eigenvalue weighted by molar-refractivity contribution is 5.73. The van der Waals surface area contributed by atoms with Gasteiger partial charge in [0.1, 0.15) is 12.2 Å². The van der Waals surface area contributed by atoms with Crippen LogP contribution < -0.4 is 0 Å². The van der Waals surface area contributed by atoms with Gasteiger partial charge in [0.2, 0.25) is 0 Å². The van der Waals surface area contributed by atoms with Crippen LogP contribution in [0.2, 0.25) is 0 Å². The standard InChI is InChI=1S/C26H44NO4/c1-23(2)17-9-11-25(23,5)19(13-17)30-21(28)15-27(7,8)16-22(29)31-20-14-18-10-12-26(20,6)24(18,3)4/h17-20H,9-16H2,1-8H3/q+1/t17-,18+,19-,20-,25-,26+/m1/s1. The van der Waals surface area contributed by atoms with Crippen molar-refractivity contribution in [3.05, 3.63) is 0 Å². The van der Waals surface area contributed by atoms with Crippen LogP contribution in [0.1, 0.15) is 80.1 Å². The number of hydrogen-bond donors (Lipinski definition) is 0. The molecule has 4 aliphatic rings. The lowest BCUT2D eigenvalue weighted by Crippen LogP contribution is -2.50. The van der Waals surface area contributed by atoms with Crippen molar-refractivity contribution < 1.29 is 23.5 Å². The Kier molecular flexibility index (Phi) is 5.17. The summed E-state index contributed by atoms with van der Waals surface area (Å²) in [4.78, 5) is 25.6. The molecule has 4 saturated carbocycles. The number of hydrogen-bond acceptors (Lipinski definition) is 4. The van der Waals surface area contributed by atoms with Gasteiger partial charge in [-0.2, -0.15) is 0 Å². The lowest BCUT2D eigenvalue weighted by molar-refractivity contribution is -0.875. The average molecular weight is 435 g/mol. The van der Waals surface area contributed by atoms with E-state index in [0.29, 0.717) is 11.8 Å². The van der Waals surface area contributed by atoms with Gasteiger partial charge in [0.15, 0.2) is 13.1 Å². The first-order valence-electron chi connectivity index (χ1n) is 12.3. The second-order valence-corrected chi connectivity index (χ2v) is 13.4. The van der Waals surface area contributed by atoms with Crippen LogP contribution >= 0.6 is 0 Å². The van der Waals surface area contributed by atoms with Gasteiger partial charge in [-0.3, -0.25) is 0 Å². The van der Waals surface area contributed by atoms with Gasteiger partial charge in [-0.05, 0) is 61.2 Å². The topological polar surface area (TPSA) is 52.6 Å². The molecular weight excluding hydrogens is 390 g/mol. The van der Waals surface area contributed by atoms with Gasteiger partial charge >= 0.3 is 11.9 Å². The minimum absolute atomic E-state index is 0.00285. The molecule has 0 N–H and O–H groups in total. The van der Waals surface area contributed by atoms with Crippen molar-refractivity contribution in [1.82, 2.24) is 0 Å². The normalized spacial score (nSPS) is 42.1. The molecule has 0 unspecified atom stereocenters. The summed E-state index contributed by atoms with van der Waals surface area (Å²) in [5.41, 5.74) is 0.564. The predicted molar refractivity (Wildman–Crippen MR) is 120 cm³/mol. The van der Waals surface area contributed by atoms with Crippen molar-refractivity contribution in [2.75, 3.05) is 27.2 Å². The Bertz CT molecular complexity index is 709. The molecule has 0 aromatic carbocycles. The van der Waals surface area contributed by atoms with Crippen molar-refractivity contribution in [1.29, 1.82) is 0 Å². The summed E-state index contributed by atoms with van der Waals surface area (Å²) in [6.45, 7) is 14.3. The van der Waals surface area contributed by atoms with E-state index < -0.39 is 0 Å². The predicted octanol–water partition coefficient (Wildman–Crippen LogP) is 4.58. The fourth-order valence-corrected chi connectivity index (χ4v) is 7.76. The molecule has 5 heteroatoms. The van der Waals surface area contributed by atoms with Crippen LogP contribution in [0, 0.1) is 33.5 Å². The maximum absolute atomic E-state index is 12.8. The summed E-state index contributed by atoms with van der Waals surface area (Å²) >= 11 is 0. The number of rotatable bonds is 6. The molecule has 6 atom stereocenters. The first kappa shape index (κ1) is 23.1. The van der Waals surface area contributed by atoms with Crippen LogP contribution in [-0.2, 0) is 19.1 Å². The molecule has 0 heterocycles. The number of carbonyl (C=O) groups is 2. The first-order valence-corrected chi connectivity index (χ1v) is 12.3. The zero-order chi connectivity index (χ0) is 23.0. The molecule has 4 bridgehead atoms. The molecular formula is C26H44NO4+. The van der Waals surface area contributed by atoms with Gasteiger partial charge in [0.25, 0.3) is 0 Å². The molecule has 4 rings (SSSR count). The van der Waals surface area contributed by atoms with E-state index in [9.17, 15) is 9.59 Å². The average Bonchev–Trinajstić information content (AvgIpc) is 3.12. The highest BCUT2D eigenvalue weighted by Crippen LogP contribution is 2.67. The quantitative estimate of drug-likeness (QED) is 0.454. The zero-order valence-corrected chi connectivity index (χ0v) is 21.0. The minimum Gasteiger partial charge on any atom is -0.458 e. The van der Waals surface area contributed by atoms with Gasteiger partial charge < -0.3 is 14.0 Å². The van der Waals surface area contributed by atoms with Crippen molar-refractivity contribution in [2.45, 2.75) is 92.3 Å². The van der Waals surface area contributed by atoms with E-state index in [4.69, 9.17) is 9.47 Å². The van der Waals surface area contributed by atoms with Crippen LogP contribution in [0.5, 0.6) is 0 Å².